The van der Waals surface area contributed by atoms with Gasteiger partial charge in [0.2, 0.25) is 5.91 Å². The Morgan fingerprint density at radius 3 is 2.53 bits per heavy atom. The highest BCUT2D eigenvalue weighted by Crippen LogP contribution is 2.25. The second kappa shape index (κ2) is 7.27. The zero-order valence-electron chi connectivity index (χ0n) is 10.2. The molecule has 1 aliphatic rings. The van der Waals surface area contributed by atoms with Gasteiger partial charge in [-0.15, -0.1) is 0 Å². The molecule has 1 saturated carbocycles. The lowest BCUT2D eigenvalue weighted by molar-refractivity contribution is -0.139. The first-order valence-electron chi connectivity index (χ1n) is 6.34. The van der Waals surface area contributed by atoms with Gasteiger partial charge in [0.15, 0.2) is 0 Å². The molecule has 0 bridgehead atoms. The van der Waals surface area contributed by atoms with Crippen LogP contribution < -0.4 is 11.1 Å². The number of hydrogen-bond donors (Lipinski definition) is 3. The maximum atomic E-state index is 11.4. The lowest BCUT2D eigenvalue weighted by atomic mass is 9.87. The molecule has 0 aliphatic heterocycles. The number of carboxylic acids is 1. The Morgan fingerprint density at radius 2 is 1.94 bits per heavy atom. The molecule has 5 nitrogen and oxygen atoms in total. The van der Waals surface area contributed by atoms with Crippen molar-refractivity contribution in [3.63, 3.8) is 0 Å². The Morgan fingerprint density at radius 1 is 1.29 bits per heavy atom. The van der Waals surface area contributed by atoms with Gasteiger partial charge >= 0.3 is 5.97 Å². The van der Waals surface area contributed by atoms with Gasteiger partial charge in [-0.2, -0.15) is 0 Å². The normalized spacial score (nSPS) is 18.6. The van der Waals surface area contributed by atoms with Gasteiger partial charge in [0.1, 0.15) is 0 Å². The second-order valence-electron chi connectivity index (χ2n) is 4.79. The number of hydrogen-bond acceptors (Lipinski definition) is 3. The summed E-state index contributed by atoms with van der Waals surface area (Å²) in [7, 11) is 0. The van der Waals surface area contributed by atoms with Gasteiger partial charge in [0, 0.05) is 6.54 Å². The number of nitrogens with one attached hydrogen (secondary N) is 1. The van der Waals surface area contributed by atoms with Crippen LogP contribution in [0.2, 0.25) is 0 Å². The van der Waals surface area contributed by atoms with Crippen LogP contribution in [0, 0.1) is 5.92 Å². The molecule has 1 rings (SSSR count). The fourth-order valence-electron chi connectivity index (χ4n) is 2.29. The van der Waals surface area contributed by atoms with Crippen molar-refractivity contribution in [2.75, 3.05) is 6.54 Å². The van der Waals surface area contributed by atoms with Crippen LogP contribution in [0.15, 0.2) is 0 Å². The molecule has 0 saturated heterocycles. The quantitative estimate of drug-likeness (QED) is 0.644. The van der Waals surface area contributed by atoms with E-state index in [9.17, 15) is 9.59 Å². The number of rotatable bonds is 6. The third-order valence-electron chi connectivity index (χ3n) is 3.31. The van der Waals surface area contributed by atoms with Gasteiger partial charge in [-0.25, -0.2) is 0 Å². The fraction of sp³-hybridized carbons (Fsp3) is 0.833. The average Bonchev–Trinajstić information content (AvgIpc) is 2.29. The summed E-state index contributed by atoms with van der Waals surface area (Å²) < 4.78 is 0. The van der Waals surface area contributed by atoms with E-state index in [2.05, 4.69) is 5.32 Å². The Kier molecular flexibility index (Phi) is 5.97. The standard InChI is InChI=1S/C12H22N2O3/c13-10(8-11(15)16)12(17)14-7-6-9-4-2-1-3-5-9/h9-10H,1-8,13H2,(H,14,17)(H,15,16)/t10-/m0/s1. The maximum absolute atomic E-state index is 11.4. The molecular formula is C12H22N2O3. The van der Waals surface area contributed by atoms with Gasteiger partial charge in [0.25, 0.3) is 0 Å². The first-order chi connectivity index (χ1) is 8.09. The SMILES string of the molecule is N[C@@H](CC(=O)O)C(=O)NCCC1CCCCC1. The molecule has 0 unspecified atom stereocenters. The summed E-state index contributed by atoms with van der Waals surface area (Å²) >= 11 is 0. The summed E-state index contributed by atoms with van der Waals surface area (Å²) in [6, 6.07) is -0.932. The molecule has 1 atom stereocenters. The second-order valence-corrected chi connectivity index (χ2v) is 4.79. The predicted molar refractivity (Wildman–Crippen MR) is 64.4 cm³/mol. The van der Waals surface area contributed by atoms with Crippen molar-refractivity contribution in [1.82, 2.24) is 5.32 Å². The minimum atomic E-state index is -1.04. The van der Waals surface area contributed by atoms with Crippen molar-refractivity contribution in [2.45, 2.75) is 51.0 Å². The van der Waals surface area contributed by atoms with Gasteiger partial charge in [-0.3, -0.25) is 9.59 Å². The highest BCUT2D eigenvalue weighted by Gasteiger charge is 2.17. The highest BCUT2D eigenvalue weighted by molar-refractivity contribution is 5.85. The van der Waals surface area contributed by atoms with E-state index in [4.69, 9.17) is 10.8 Å². The lowest BCUT2D eigenvalue weighted by Crippen LogP contribution is -2.42. The van der Waals surface area contributed by atoms with Crippen LogP contribution in [0.25, 0.3) is 0 Å². The summed E-state index contributed by atoms with van der Waals surface area (Å²) in [4.78, 5) is 21.8. The third kappa shape index (κ3) is 5.68. The maximum Gasteiger partial charge on any atom is 0.305 e. The van der Waals surface area contributed by atoms with E-state index in [1.807, 2.05) is 0 Å². The number of aliphatic carboxylic acids is 1. The van der Waals surface area contributed by atoms with Crippen LogP contribution in [-0.2, 0) is 9.59 Å². The van der Waals surface area contributed by atoms with Crippen molar-refractivity contribution in [3.05, 3.63) is 0 Å². The summed E-state index contributed by atoms with van der Waals surface area (Å²) in [6.45, 7) is 0.608. The van der Waals surface area contributed by atoms with Crippen LogP contribution in [0.1, 0.15) is 44.9 Å². The van der Waals surface area contributed by atoms with Gasteiger partial charge in [-0.1, -0.05) is 32.1 Å². The molecular weight excluding hydrogens is 220 g/mol. The van der Waals surface area contributed by atoms with Crippen molar-refractivity contribution in [3.8, 4) is 0 Å². The van der Waals surface area contributed by atoms with Crippen molar-refractivity contribution >= 4 is 11.9 Å². The van der Waals surface area contributed by atoms with E-state index >= 15 is 0 Å². The lowest BCUT2D eigenvalue weighted by Gasteiger charge is -2.21. The van der Waals surface area contributed by atoms with E-state index in [1.165, 1.54) is 32.1 Å². The Balaban J connectivity index is 2.12. The smallest absolute Gasteiger partial charge is 0.305 e. The van der Waals surface area contributed by atoms with E-state index in [-0.39, 0.29) is 12.3 Å². The number of amides is 1. The predicted octanol–water partition coefficient (Wildman–Crippen LogP) is 0.875. The van der Waals surface area contributed by atoms with Gasteiger partial charge in [-0.05, 0) is 12.3 Å². The molecule has 0 aromatic heterocycles. The summed E-state index contributed by atoms with van der Waals surface area (Å²) in [5, 5.41) is 11.2. The fourth-order valence-corrected chi connectivity index (χ4v) is 2.29. The molecule has 0 spiro atoms. The van der Waals surface area contributed by atoms with E-state index in [0.29, 0.717) is 12.5 Å². The number of carbonyl (C=O) groups excluding carboxylic acids is 1. The van der Waals surface area contributed by atoms with E-state index in [1.54, 1.807) is 0 Å². The van der Waals surface area contributed by atoms with Crippen LogP contribution >= 0.6 is 0 Å². The minimum Gasteiger partial charge on any atom is -0.481 e. The molecule has 0 heterocycles. The van der Waals surface area contributed by atoms with Crippen LogP contribution in [0.4, 0.5) is 0 Å². The molecule has 4 N–H and O–H groups in total. The number of nitrogens with two attached hydrogens (primary N) is 1. The number of carbonyl (C=O) groups is 2. The Labute approximate surface area is 102 Å². The van der Waals surface area contributed by atoms with Gasteiger partial charge < -0.3 is 16.2 Å². The zero-order chi connectivity index (χ0) is 12.7. The minimum absolute atomic E-state index is 0.310. The molecule has 98 valence electrons. The van der Waals surface area contributed by atoms with Crippen molar-refractivity contribution in [2.24, 2.45) is 11.7 Å². The molecule has 1 amide bonds. The monoisotopic (exact) mass is 242 g/mol. The zero-order valence-corrected chi connectivity index (χ0v) is 10.2. The molecule has 1 aliphatic carbocycles. The van der Waals surface area contributed by atoms with E-state index < -0.39 is 12.0 Å². The molecule has 5 heteroatoms. The molecule has 0 aromatic carbocycles. The largest absolute Gasteiger partial charge is 0.481 e. The molecule has 1 fully saturated rings. The topological polar surface area (TPSA) is 92.4 Å². The summed E-state index contributed by atoms with van der Waals surface area (Å²) in [6.07, 6.45) is 7.07. The summed E-state index contributed by atoms with van der Waals surface area (Å²) in [5.41, 5.74) is 5.44. The molecule has 0 aromatic rings. The molecule has 17 heavy (non-hydrogen) atoms. The summed E-state index contributed by atoms with van der Waals surface area (Å²) in [5.74, 6) is -0.692. The average molecular weight is 242 g/mol. The van der Waals surface area contributed by atoms with Crippen LogP contribution in [0.3, 0.4) is 0 Å². The van der Waals surface area contributed by atoms with Crippen LogP contribution in [-0.4, -0.2) is 29.6 Å². The van der Waals surface area contributed by atoms with Crippen molar-refractivity contribution < 1.29 is 14.7 Å². The Bertz CT molecular complexity index is 262. The van der Waals surface area contributed by atoms with Gasteiger partial charge in [0.05, 0.1) is 12.5 Å². The number of carboxylic acid groups (broad SMARTS) is 1. The third-order valence-corrected chi connectivity index (χ3v) is 3.31. The highest BCUT2D eigenvalue weighted by atomic mass is 16.4. The first kappa shape index (κ1) is 14.0. The molecule has 0 radical (unpaired) electrons. The van der Waals surface area contributed by atoms with Crippen molar-refractivity contribution in [1.29, 1.82) is 0 Å². The van der Waals surface area contributed by atoms with Crippen LogP contribution in [0.5, 0.6) is 0 Å². The Hall–Kier alpha value is -1.10. The van der Waals surface area contributed by atoms with E-state index in [0.717, 1.165) is 6.42 Å². The first-order valence-corrected chi connectivity index (χ1v) is 6.34.